The zero-order chi connectivity index (χ0) is 21.6. The van der Waals surface area contributed by atoms with Crippen molar-refractivity contribution in [1.82, 2.24) is 4.90 Å². The van der Waals surface area contributed by atoms with E-state index in [-0.39, 0.29) is 22.6 Å². The van der Waals surface area contributed by atoms with Crippen LogP contribution in [-0.2, 0) is 19.6 Å². The summed E-state index contributed by atoms with van der Waals surface area (Å²) < 4.78 is 28.8. The van der Waals surface area contributed by atoms with E-state index < -0.39 is 16.1 Å². The molecule has 1 atom stereocenters. The van der Waals surface area contributed by atoms with E-state index in [0.717, 1.165) is 19.3 Å². The van der Waals surface area contributed by atoms with E-state index in [2.05, 4.69) is 15.0 Å². The van der Waals surface area contributed by atoms with Gasteiger partial charge < -0.3 is 15.5 Å². The quantitative estimate of drug-likeness (QED) is 0.763. The Morgan fingerprint density at radius 1 is 0.935 bits per heavy atom. The maximum Gasteiger partial charge on any atom is 0.285 e. The van der Waals surface area contributed by atoms with Crippen molar-refractivity contribution in [2.24, 2.45) is 10.3 Å². The molecule has 1 saturated carbocycles. The molecule has 8 nitrogen and oxygen atoms in total. The standard InChI is InChI=1S/C22H22N4O4S/c27-21(14-10-11-14)23-15-5-3-6-16(13-15)24-22(28)18-8-4-12-26(18)20-17-7-1-2-9-19(17)31(29,30)25-20/h1-3,5-7,9,13-14,18H,4,8,10-12H2,(H,23,27)(H,24,28)/t18-/m0/s1. The molecule has 0 unspecified atom stereocenters. The van der Waals surface area contributed by atoms with Gasteiger partial charge in [0, 0.05) is 29.4 Å². The van der Waals surface area contributed by atoms with E-state index in [0.29, 0.717) is 35.7 Å². The van der Waals surface area contributed by atoms with Crippen LogP contribution in [0.2, 0.25) is 0 Å². The maximum absolute atomic E-state index is 13.1. The normalized spacial score (nSPS) is 21.4. The molecule has 2 aliphatic heterocycles. The molecule has 2 heterocycles. The van der Waals surface area contributed by atoms with Crippen molar-refractivity contribution in [3.8, 4) is 0 Å². The minimum absolute atomic E-state index is 0.00423. The van der Waals surface area contributed by atoms with E-state index in [1.807, 2.05) is 0 Å². The topological polar surface area (TPSA) is 108 Å². The van der Waals surface area contributed by atoms with Crippen LogP contribution >= 0.6 is 0 Å². The van der Waals surface area contributed by atoms with Gasteiger partial charge in [-0.05, 0) is 56.0 Å². The van der Waals surface area contributed by atoms with Crippen molar-refractivity contribution in [2.75, 3.05) is 17.2 Å². The number of anilines is 2. The Morgan fingerprint density at radius 3 is 2.39 bits per heavy atom. The predicted octanol–water partition coefficient (Wildman–Crippen LogP) is 2.59. The van der Waals surface area contributed by atoms with Gasteiger partial charge in [-0.25, -0.2) is 0 Å². The van der Waals surface area contributed by atoms with Gasteiger partial charge in [0.15, 0.2) is 5.84 Å². The van der Waals surface area contributed by atoms with Crippen molar-refractivity contribution in [3.63, 3.8) is 0 Å². The number of rotatable bonds is 4. The van der Waals surface area contributed by atoms with Crippen LogP contribution in [0.4, 0.5) is 11.4 Å². The van der Waals surface area contributed by atoms with E-state index in [4.69, 9.17) is 0 Å². The van der Waals surface area contributed by atoms with Gasteiger partial charge in [-0.1, -0.05) is 18.2 Å². The summed E-state index contributed by atoms with van der Waals surface area (Å²) in [6, 6.07) is 13.2. The first kappa shape index (κ1) is 19.7. The minimum Gasteiger partial charge on any atom is -0.343 e. The third kappa shape index (κ3) is 3.81. The third-order valence-corrected chi connectivity index (χ3v) is 7.11. The van der Waals surface area contributed by atoms with Gasteiger partial charge in [0.2, 0.25) is 11.8 Å². The number of nitrogens with zero attached hydrogens (tertiary/aromatic N) is 2. The summed E-state index contributed by atoms with van der Waals surface area (Å²) in [5, 5.41) is 5.78. The summed E-state index contributed by atoms with van der Waals surface area (Å²) >= 11 is 0. The molecule has 2 aromatic rings. The summed E-state index contributed by atoms with van der Waals surface area (Å²) in [7, 11) is -3.74. The SMILES string of the molecule is O=C(Nc1cccc(NC(=O)[C@@H]2CCCN2C2=NS(=O)(=O)c3ccccc32)c1)C1CC1. The molecule has 5 rings (SSSR count). The van der Waals surface area contributed by atoms with Gasteiger partial charge in [0.25, 0.3) is 10.0 Å². The molecule has 3 aliphatic rings. The second kappa shape index (κ2) is 7.49. The smallest absolute Gasteiger partial charge is 0.285 e. The molecule has 1 saturated heterocycles. The van der Waals surface area contributed by atoms with E-state index in [1.165, 1.54) is 6.07 Å². The molecule has 2 N–H and O–H groups in total. The monoisotopic (exact) mass is 438 g/mol. The first-order valence-electron chi connectivity index (χ1n) is 10.4. The van der Waals surface area contributed by atoms with Crippen LogP contribution in [0, 0.1) is 5.92 Å². The van der Waals surface area contributed by atoms with Crippen molar-refractivity contribution in [3.05, 3.63) is 54.1 Å². The van der Waals surface area contributed by atoms with Crippen LogP contribution in [0.1, 0.15) is 31.2 Å². The molecule has 2 fully saturated rings. The van der Waals surface area contributed by atoms with E-state index in [1.54, 1.807) is 47.4 Å². The summed E-state index contributed by atoms with van der Waals surface area (Å²) in [5.74, 6) is 0.201. The molecule has 0 spiro atoms. The molecule has 2 amide bonds. The van der Waals surface area contributed by atoms with Crippen LogP contribution in [0.15, 0.2) is 57.8 Å². The molecule has 0 bridgehead atoms. The Bertz CT molecular complexity index is 1200. The highest BCUT2D eigenvalue weighted by Gasteiger charge is 2.39. The van der Waals surface area contributed by atoms with Gasteiger partial charge in [0.1, 0.15) is 10.9 Å². The number of nitrogens with one attached hydrogen (secondary N) is 2. The highest BCUT2D eigenvalue weighted by atomic mass is 32.2. The minimum atomic E-state index is -3.74. The largest absolute Gasteiger partial charge is 0.343 e. The number of benzene rings is 2. The van der Waals surface area contributed by atoms with Crippen LogP contribution in [-0.4, -0.2) is 43.6 Å². The van der Waals surface area contributed by atoms with Crippen LogP contribution in [0.5, 0.6) is 0 Å². The third-order valence-electron chi connectivity index (χ3n) is 5.79. The van der Waals surface area contributed by atoms with Crippen molar-refractivity contribution in [1.29, 1.82) is 0 Å². The fourth-order valence-corrected chi connectivity index (χ4v) is 5.30. The zero-order valence-corrected chi connectivity index (χ0v) is 17.6. The number of fused-ring (bicyclic) bond motifs is 1. The second-order valence-electron chi connectivity index (χ2n) is 8.07. The van der Waals surface area contributed by atoms with Gasteiger partial charge in [-0.2, -0.15) is 8.42 Å². The fourth-order valence-electron chi connectivity index (χ4n) is 4.08. The number of amidine groups is 1. The first-order valence-corrected chi connectivity index (χ1v) is 11.8. The van der Waals surface area contributed by atoms with Crippen molar-refractivity contribution in [2.45, 2.75) is 36.6 Å². The lowest BCUT2D eigenvalue weighted by molar-refractivity contribution is -0.119. The number of carbonyl (C=O) groups excluding carboxylic acids is 2. The molecule has 31 heavy (non-hydrogen) atoms. The molecule has 0 radical (unpaired) electrons. The second-order valence-corrected chi connectivity index (χ2v) is 9.64. The molecule has 0 aromatic heterocycles. The number of amides is 2. The van der Waals surface area contributed by atoms with Crippen molar-refractivity contribution >= 4 is 39.0 Å². The Hall–Kier alpha value is -3.20. The van der Waals surface area contributed by atoms with Gasteiger partial charge >= 0.3 is 0 Å². The molecule has 2 aromatic carbocycles. The van der Waals surface area contributed by atoms with Gasteiger partial charge in [-0.15, -0.1) is 4.40 Å². The number of hydrogen-bond acceptors (Lipinski definition) is 5. The zero-order valence-electron chi connectivity index (χ0n) is 16.7. The number of carbonyl (C=O) groups is 2. The highest BCUT2D eigenvalue weighted by molar-refractivity contribution is 7.90. The van der Waals surface area contributed by atoms with Crippen LogP contribution in [0.3, 0.4) is 0 Å². The molecule has 160 valence electrons. The van der Waals surface area contributed by atoms with E-state index in [9.17, 15) is 18.0 Å². The van der Waals surface area contributed by atoms with Crippen LogP contribution < -0.4 is 10.6 Å². The Labute approximate surface area is 180 Å². The lowest BCUT2D eigenvalue weighted by atomic mass is 10.1. The Balaban J connectivity index is 1.34. The average molecular weight is 439 g/mol. The van der Waals surface area contributed by atoms with Crippen LogP contribution in [0.25, 0.3) is 0 Å². The number of sulfonamides is 1. The summed E-state index contributed by atoms with van der Waals surface area (Å²) in [5.41, 5.74) is 1.75. The maximum atomic E-state index is 13.1. The van der Waals surface area contributed by atoms with E-state index >= 15 is 0 Å². The Morgan fingerprint density at radius 2 is 1.65 bits per heavy atom. The summed E-state index contributed by atoms with van der Waals surface area (Å²) in [6.07, 6.45) is 3.20. The lowest BCUT2D eigenvalue weighted by Crippen LogP contribution is -2.43. The summed E-state index contributed by atoms with van der Waals surface area (Å²) in [4.78, 5) is 27.0. The average Bonchev–Trinajstić information content (AvgIpc) is 3.42. The van der Waals surface area contributed by atoms with Gasteiger partial charge in [-0.3, -0.25) is 9.59 Å². The predicted molar refractivity (Wildman–Crippen MR) is 116 cm³/mol. The first-order chi connectivity index (χ1) is 14.9. The highest BCUT2D eigenvalue weighted by Crippen LogP contribution is 2.32. The summed E-state index contributed by atoms with van der Waals surface area (Å²) in [6.45, 7) is 0.554. The molecule has 1 aliphatic carbocycles. The molecular weight excluding hydrogens is 416 g/mol. The number of hydrogen-bond donors (Lipinski definition) is 2. The molecule has 9 heteroatoms. The fraction of sp³-hybridized carbons (Fsp3) is 0.318. The lowest BCUT2D eigenvalue weighted by Gasteiger charge is -2.25. The van der Waals surface area contributed by atoms with Crippen molar-refractivity contribution < 1.29 is 18.0 Å². The number of likely N-dealkylation sites (tertiary alicyclic amines) is 1. The molecular formula is C22H22N4O4S. The van der Waals surface area contributed by atoms with Gasteiger partial charge in [0.05, 0.1) is 0 Å². The Kier molecular flexibility index (Phi) is 4.77.